The number of hydrogen-bond acceptors (Lipinski definition) is 8. The highest BCUT2D eigenvalue weighted by Crippen LogP contribution is 2.53. The van der Waals surface area contributed by atoms with Gasteiger partial charge in [-0.3, -0.25) is 0 Å². The summed E-state index contributed by atoms with van der Waals surface area (Å²) in [5.41, 5.74) is 5.13. The number of methoxy groups -OCH3 is 1. The number of fused-ring (bicyclic) bond motifs is 2. The van der Waals surface area contributed by atoms with E-state index in [1.165, 1.54) is 14.0 Å². The van der Waals surface area contributed by atoms with Gasteiger partial charge >= 0.3 is 17.9 Å². The summed E-state index contributed by atoms with van der Waals surface area (Å²) in [6.07, 6.45) is 0. The van der Waals surface area contributed by atoms with Gasteiger partial charge in [0, 0.05) is 18.3 Å². The lowest BCUT2D eigenvalue weighted by Gasteiger charge is -2.39. The minimum atomic E-state index is -1.85. The molecule has 27 heavy (non-hydrogen) atoms. The molecule has 0 aromatic heterocycles. The molecule has 1 aromatic rings. The van der Waals surface area contributed by atoms with E-state index in [0.29, 0.717) is 11.3 Å². The molecule has 1 spiro atoms. The van der Waals surface area contributed by atoms with Crippen LogP contribution in [0.1, 0.15) is 19.4 Å². The van der Waals surface area contributed by atoms with Crippen molar-refractivity contribution in [3.63, 3.8) is 0 Å². The van der Waals surface area contributed by atoms with E-state index in [-0.39, 0.29) is 29.3 Å². The van der Waals surface area contributed by atoms with Gasteiger partial charge < -0.3 is 24.8 Å². The van der Waals surface area contributed by atoms with Crippen molar-refractivity contribution in [2.75, 3.05) is 25.7 Å². The Bertz CT molecular complexity index is 917. The van der Waals surface area contributed by atoms with E-state index >= 15 is 0 Å². The van der Waals surface area contributed by atoms with Crippen LogP contribution in [0.15, 0.2) is 47.0 Å². The smallest absolute Gasteiger partial charge is 0.339 e. The molecule has 0 bridgehead atoms. The molecule has 0 aliphatic carbocycles. The minimum absolute atomic E-state index is 0.000188. The molecule has 2 aliphatic heterocycles. The predicted octanol–water partition coefficient (Wildman–Crippen LogP) is 1.11. The van der Waals surface area contributed by atoms with Gasteiger partial charge in [-0.05, 0) is 19.9 Å². The lowest BCUT2D eigenvalue weighted by atomic mass is 9.66. The van der Waals surface area contributed by atoms with Gasteiger partial charge in [-0.15, -0.1) is 0 Å². The number of cyclic esters (lactones) is 1. The van der Waals surface area contributed by atoms with Crippen LogP contribution in [0.3, 0.4) is 0 Å². The largest absolute Gasteiger partial charge is 0.466 e. The summed E-state index contributed by atoms with van der Waals surface area (Å²) in [4.78, 5) is 40.2. The second kappa shape index (κ2) is 6.46. The average Bonchev–Trinajstić information content (AvgIpc) is 2.90. The highest BCUT2D eigenvalue weighted by atomic mass is 16.6. The Morgan fingerprint density at radius 1 is 1.22 bits per heavy atom. The van der Waals surface area contributed by atoms with Crippen molar-refractivity contribution in [1.82, 2.24) is 0 Å². The molecular formula is C19H20N2O6. The van der Waals surface area contributed by atoms with E-state index in [0.717, 1.165) is 0 Å². The maximum Gasteiger partial charge on any atom is 0.339 e. The van der Waals surface area contributed by atoms with Gasteiger partial charge in [0.1, 0.15) is 22.7 Å². The fourth-order valence-electron chi connectivity index (χ4n) is 3.67. The molecule has 1 atom stereocenters. The average molecular weight is 372 g/mol. The molecule has 0 saturated carbocycles. The first-order chi connectivity index (χ1) is 12.8. The third-order valence-corrected chi connectivity index (χ3v) is 4.81. The zero-order valence-electron chi connectivity index (χ0n) is 15.5. The van der Waals surface area contributed by atoms with E-state index in [2.05, 4.69) is 0 Å². The number of nitrogens with zero attached hydrogens (tertiary/aromatic N) is 1. The predicted molar refractivity (Wildman–Crippen MR) is 95.2 cm³/mol. The maximum atomic E-state index is 13.1. The van der Waals surface area contributed by atoms with Crippen molar-refractivity contribution in [1.29, 1.82) is 0 Å². The standard InChI is InChI=1S/C19H20N2O6/c1-5-26-17(23)14-15(20)21(3)12-9-7-6-8-11(12)19(14)13(16(22)25-4)10(2)27-18(19)24/h6-9H,5,20H2,1-4H3/t19-/m0/s1. The van der Waals surface area contributed by atoms with Gasteiger partial charge in [-0.2, -0.15) is 0 Å². The molecule has 0 fully saturated rings. The fourth-order valence-corrected chi connectivity index (χ4v) is 3.67. The number of allylic oxidation sites excluding steroid dienone is 1. The van der Waals surface area contributed by atoms with Gasteiger partial charge in [0.05, 0.1) is 13.7 Å². The molecule has 3 rings (SSSR count). The summed E-state index contributed by atoms with van der Waals surface area (Å²) in [5.74, 6) is -2.33. The number of ether oxygens (including phenoxy) is 3. The molecule has 142 valence electrons. The summed E-state index contributed by atoms with van der Waals surface area (Å²) < 4.78 is 15.4. The number of hydrogen-bond donors (Lipinski definition) is 1. The normalized spacial score (nSPS) is 21.3. The third-order valence-electron chi connectivity index (χ3n) is 4.81. The molecule has 2 N–H and O–H groups in total. The topological polar surface area (TPSA) is 108 Å². The third kappa shape index (κ3) is 2.33. The Labute approximate surface area is 156 Å². The van der Waals surface area contributed by atoms with Crippen molar-refractivity contribution in [3.05, 3.63) is 52.6 Å². The molecule has 1 aromatic carbocycles. The van der Waals surface area contributed by atoms with E-state index in [1.54, 1.807) is 43.1 Å². The number of carbonyl (C=O) groups is 3. The Balaban J connectivity index is 2.46. The van der Waals surface area contributed by atoms with Crippen LogP contribution in [0.2, 0.25) is 0 Å². The first-order valence-electron chi connectivity index (χ1n) is 8.34. The van der Waals surface area contributed by atoms with Gasteiger partial charge in [-0.25, -0.2) is 14.4 Å². The van der Waals surface area contributed by atoms with Crippen LogP contribution < -0.4 is 10.6 Å². The zero-order chi connectivity index (χ0) is 19.9. The van der Waals surface area contributed by atoms with Crippen molar-refractivity contribution >= 4 is 23.6 Å². The minimum Gasteiger partial charge on any atom is -0.466 e. The highest BCUT2D eigenvalue weighted by molar-refractivity contribution is 6.16. The van der Waals surface area contributed by atoms with Gasteiger partial charge in [0.15, 0.2) is 5.41 Å². The molecular weight excluding hydrogens is 352 g/mol. The lowest BCUT2D eigenvalue weighted by molar-refractivity contribution is -0.146. The number of carbonyl (C=O) groups excluding carboxylic acids is 3. The summed E-state index contributed by atoms with van der Waals surface area (Å²) in [6.45, 7) is 3.18. The van der Waals surface area contributed by atoms with Crippen LogP contribution in [0, 0.1) is 0 Å². The van der Waals surface area contributed by atoms with Crippen molar-refractivity contribution in [3.8, 4) is 0 Å². The van der Waals surface area contributed by atoms with E-state index in [9.17, 15) is 14.4 Å². The first kappa shape index (κ1) is 18.5. The SMILES string of the molecule is CCOC(=O)C1=C(N)N(C)c2ccccc2[C@@]12C(=O)OC(C)=C2C(=O)OC. The maximum absolute atomic E-state index is 13.1. The summed E-state index contributed by atoms with van der Waals surface area (Å²) in [7, 11) is 2.85. The lowest BCUT2D eigenvalue weighted by Crippen LogP contribution is -2.49. The molecule has 8 nitrogen and oxygen atoms in total. The Morgan fingerprint density at radius 3 is 2.52 bits per heavy atom. The highest BCUT2D eigenvalue weighted by Gasteiger charge is 2.63. The van der Waals surface area contributed by atoms with Crippen molar-refractivity contribution in [2.45, 2.75) is 19.3 Å². The van der Waals surface area contributed by atoms with Gasteiger partial charge in [-0.1, -0.05) is 18.2 Å². The molecule has 0 unspecified atom stereocenters. The van der Waals surface area contributed by atoms with Gasteiger partial charge in [0.2, 0.25) is 0 Å². The molecule has 8 heteroatoms. The second-order valence-electron chi connectivity index (χ2n) is 6.12. The molecule has 0 saturated heterocycles. The number of nitrogens with two attached hydrogens (primary N) is 1. The summed E-state index contributed by atoms with van der Waals surface area (Å²) >= 11 is 0. The zero-order valence-corrected chi connectivity index (χ0v) is 15.5. The Morgan fingerprint density at radius 2 is 1.89 bits per heavy atom. The van der Waals surface area contributed by atoms with Crippen LogP contribution in [0.5, 0.6) is 0 Å². The monoisotopic (exact) mass is 372 g/mol. The van der Waals surface area contributed by atoms with Crippen molar-refractivity contribution < 1.29 is 28.6 Å². The number of para-hydroxylation sites is 1. The van der Waals surface area contributed by atoms with Crippen LogP contribution in [-0.2, 0) is 34.0 Å². The van der Waals surface area contributed by atoms with Crippen LogP contribution in [0.25, 0.3) is 0 Å². The van der Waals surface area contributed by atoms with Crippen LogP contribution in [-0.4, -0.2) is 38.7 Å². The number of esters is 3. The van der Waals surface area contributed by atoms with E-state index in [1.807, 2.05) is 0 Å². The number of anilines is 1. The van der Waals surface area contributed by atoms with Crippen LogP contribution in [0.4, 0.5) is 5.69 Å². The molecule has 2 aliphatic rings. The number of benzene rings is 1. The summed E-state index contributed by atoms with van der Waals surface area (Å²) in [5, 5.41) is 0. The van der Waals surface area contributed by atoms with Crippen LogP contribution >= 0.6 is 0 Å². The quantitative estimate of drug-likeness (QED) is 0.621. The first-order valence-corrected chi connectivity index (χ1v) is 8.34. The summed E-state index contributed by atoms with van der Waals surface area (Å²) in [6, 6.07) is 6.86. The molecule has 2 heterocycles. The Kier molecular flexibility index (Phi) is 4.43. The van der Waals surface area contributed by atoms with E-state index < -0.39 is 23.3 Å². The van der Waals surface area contributed by atoms with E-state index in [4.69, 9.17) is 19.9 Å². The molecule has 0 radical (unpaired) electrons. The molecule has 0 amide bonds. The second-order valence-corrected chi connectivity index (χ2v) is 6.12. The fraction of sp³-hybridized carbons (Fsp3) is 0.316. The Hall–Kier alpha value is -3.29. The number of rotatable bonds is 3. The van der Waals surface area contributed by atoms with Gasteiger partial charge in [0.25, 0.3) is 0 Å². The van der Waals surface area contributed by atoms with Crippen molar-refractivity contribution in [2.24, 2.45) is 5.73 Å².